The summed E-state index contributed by atoms with van der Waals surface area (Å²) < 4.78 is 2.86. The molecule has 108 valence electrons. The van der Waals surface area contributed by atoms with Crippen LogP contribution < -0.4 is 0 Å². The lowest BCUT2D eigenvalue weighted by Gasteiger charge is -2.12. The van der Waals surface area contributed by atoms with Gasteiger partial charge in [0.15, 0.2) is 0 Å². The molecule has 0 aliphatic carbocycles. The van der Waals surface area contributed by atoms with Gasteiger partial charge in [-0.2, -0.15) is 5.10 Å². The molecule has 0 spiro atoms. The fourth-order valence-electron chi connectivity index (χ4n) is 2.44. The molecule has 2 aromatic carbocycles. The molecule has 4 nitrogen and oxygen atoms in total. The molecule has 3 aromatic rings. The number of fused-ring (bicyclic) bond motifs is 1. The van der Waals surface area contributed by atoms with Crippen molar-refractivity contribution in [2.75, 3.05) is 0 Å². The van der Waals surface area contributed by atoms with Crippen LogP contribution in [-0.4, -0.2) is 19.9 Å². The number of aryl methyl sites for hydroxylation is 1. The Bertz CT molecular complexity index is 769. The van der Waals surface area contributed by atoms with Gasteiger partial charge < -0.3 is 5.11 Å². The average Bonchev–Trinajstić information content (AvgIpc) is 2.93. The maximum Gasteiger partial charge on any atom is 0.138 e. The van der Waals surface area contributed by atoms with E-state index in [2.05, 4.69) is 32.1 Å². The van der Waals surface area contributed by atoms with Gasteiger partial charge in [-0.1, -0.05) is 34.1 Å². The molecule has 0 saturated heterocycles. The molecule has 0 aliphatic rings. The Hall–Kier alpha value is -1.72. The van der Waals surface area contributed by atoms with E-state index in [0.717, 1.165) is 33.2 Å². The van der Waals surface area contributed by atoms with Gasteiger partial charge in [-0.15, -0.1) is 0 Å². The molecule has 0 fully saturated rings. The third-order valence-electron chi connectivity index (χ3n) is 3.58. The fraction of sp³-hybridized carbons (Fsp3) is 0.250. The largest absolute Gasteiger partial charge is 0.388 e. The van der Waals surface area contributed by atoms with Gasteiger partial charge in [0.25, 0.3) is 0 Å². The topological polar surface area (TPSA) is 50.9 Å². The van der Waals surface area contributed by atoms with Gasteiger partial charge in [0.05, 0.1) is 6.10 Å². The summed E-state index contributed by atoms with van der Waals surface area (Å²) in [5.74, 6) is 0.806. The van der Waals surface area contributed by atoms with E-state index in [4.69, 9.17) is 0 Å². The first kappa shape index (κ1) is 14.2. The Labute approximate surface area is 131 Å². The van der Waals surface area contributed by atoms with Crippen molar-refractivity contribution in [2.45, 2.75) is 26.0 Å². The first-order valence-electron chi connectivity index (χ1n) is 6.91. The third-order valence-corrected chi connectivity index (χ3v) is 4.08. The zero-order valence-corrected chi connectivity index (χ0v) is 13.3. The lowest BCUT2D eigenvalue weighted by molar-refractivity contribution is 0.174. The molecule has 5 heteroatoms. The monoisotopic (exact) mass is 345 g/mol. The molecule has 0 amide bonds. The average molecular weight is 346 g/mol. The van der Waals surface area contributed by atoms with Crippen LogP contribution in [0.5, 0.6) is 0 Å². The summed E-state index contributed by atoms with van der Waals surface area (Å²) in [6.45, 7) is 2.77. The standard InChI is InChI=1S/C16H16BrN3O/c1-2-20-16(18-10-19-20)9-15(21)13-4-3-12-8-14(17)6-5-11(12)7-13/h3-8,10,15,21H,2,9H2,1H3. The second kappa shape index (κ2) is 5.95. The van der Waals surface area contributed by atoms with Crippen molar-refractivity contribution in [3.8, 4) is 0 Å². The molecule has 1 heterocycles. The van der Waals surface area contributed by atoms with Crippen LogP contribution in [-0.2, 0) is 13.0 Å². The quantitative estimate of drug-likeness (QED) is 0.787. The summed E-state index contributed by atoms with van der Waals surface area (Å²) in [5, 5.41) is 16.8. The van der Waals surface area contributed by atoms with Crippen LogP contribution >= 0.6 is 15.9 Å². The summed E-state index contributed by atoms with van der Waals surface area (Å²) in [6.07, 6.45) is 1.42. The van der Waals surface area contributed by atoms with E-state index in [9.17, 15) is 5.11 Å². The normalized spacial score (nSPS) is 12.7. The van der Waals surface area contributed by atoms with Crippen LogP contribution in [0, 0.1) is 0 Å². The Kier molecular flexibility index (Phi) is 4.03. The van der Waals surface area contributed by atoms with Crippen LogP contribution in [0.15, 0.2) is 47.2 Å². The number of aliphatic hydroxyl groups is 1. The molecule has 1 atom stereocenters. The van der Waals surface area contributed by atoms with Crippen LogP contribution in [0.25, 0.3) is 10.8 Å². The second-order valence-electron chi connectivity index (χ2n) is 4.96. The lowest BCUT2D eigenvalue weighted by Crippen LogP contribution is -2.09. The number of nitrogens with zero attached hydrogens (tertiary/aromatic N) is 3. The molecular formula is C16H16BrN3O. The zero-order chi connectivity index (χ0) is 14.8. The molecular weight excluding hydrogens is 330 g/mol. The van der Waals surface area contributed by atoms with E-state index in [1.165, 1.54) is 6.33 Å². The molecule has 21 heavy (non-hydrogen) atoms. The fourth-order valence-corrected chi connectivity index (χ4v) is 2.82. The molecule has 1 aromatic heterocycles. The van der Waals surface area contributed by atoms with E-state index in [1.807, 2.05) is 37.3 Å². The first-order chi connectivity index (χ1) is 10.2. The van der Waals surface area contributed by atoms with Crippen molar-refractivity contribution >= 4 is 26.7 Å². The van der Waals surface area contributed by atoms with E-state index in [0.29, 0.717) is 6.42 Å². The molecule has 0 saturated carbocycles. The smallest absolute Gasteiger partial charge is 0.138 e. The van der Waals surface area contributed by atoms with Gasteiger partial charge in [-0.05, 0) is 41.5 Å². The number of aliphatic hydroxyl groups excluding tert-OH is 1. The van der Waals surface area contributed by atoms with Crippen LogP contribution in [0.1, 0.15) is 24.4 Å². The van der Waals surface area contributed by atoms with Gasteiger partial charge in [0.2, 0.25) is 0 Å². The van der Waals surface area contributed by atoms with Crippen LogP contribution in [0.3, 0.4) is 0 Å². The number of halogens is 1. The Morgan fingerprint density at radius 1 is 1.19 bits per heavy atom. The highest BCUT2D eigenvalue weighted by Gasteiger charge is 2.13. The van der Waals surface area contributed by atoms with Gasteiger partial charge in [0, 0.05) is 17.4 Å². The van der Waals surface area contributed by atoms with E-state index in [1.54, 1.807) is 4.68 Å². The Morgan fingerprint density at radius 3 is 2.76 bits per heavy atom. The summed E-state index contributed by atoms with van der Waals surface area (Å²) in [7, 11) is 0. The van der Waals surface area contributed by atoms with Crippen molar-refractivity contribution in [1.82, 2.24) is 14.8 Å². The van der Waals surface area contributed by atoms with Crippen molar-refractivity contribution in [3.63, 3.8) is 0 Å². The summed E-state index contributed by atoms with van der Waals surface area (Å²) in [5.41, 5.74) is 0.899. The Morgan fingerprint density at radius 2 is 1.95 bits per heavy atom. The lowest BCUT2D eigenvalue weighted by atomic mass is 10.0. The number of aromatic nitrogens is 3. The molecule has 3 rings (SSSR count). The minimum absolute atomic E-state index is 0.468. The summed E-state index contributed by atoms with van der Waals surface area (Å²) in [4.78, 5) is 4.21. The van der Waals surface area contributed by atoms with Gasteiger partial charge in [-0.3, -0.25) is 4.68 Å². The van der Waals surface area contributed by atoms with Crippen molar-refractivity contribution < 1.29 is 5.11 Å². The van der Waals surface area contributed by atoms with E-state index in [-0.39, 0.29) is 0 Å². The van der Waals surface area contributed by atoms with Crippen LogP contribution in [0.2, 0.25) is 0 Å². The second-order valence-corrected chi connectivity index (χ2v) is 5.88. The van der Waals surface area contributed by atoms with E-state index < -0.39 is 6.10 Å². The zero-order valence-electron chi connectivity index (χ0n) is 11.7. The maximum absolute atomic E-state index is 10.4. The van der Waals surface area contributed by atoms with Gasteiger partial charge in [0.1, 0.15) is 12.2 Å². The predicted molar refractivity (Wildman–Crippen MR) is 86.0 cm³/mol. The number of hydrogen-bond acceptors (Lipinski definition) is 3. The number of benzene rings is 2. The van der Waals surface area contributed by atoms with Gasteiger partial charge >= 0.3 is 0 Å². The van der Waals surface area contributed by atoms with Crippen molar-refractivity contribution in [2.24, 2.45) is 0 Å². The third kappa shape index (κ3) is 2.99. The molecule has 1 N–H and O–H groups in total. The van der Waals surface area contributed by atoms with Crippen molar-refractivity contribution in [3.05, 3.63) is 58.6 Å². The summed E-state index contributed by atoms with van der Waals surface area (Å²) in [6, 6.07) is 12.1. The number of hydrogen-bond donors (Lipinski definition) is 1. The SMILES string of the molecule is CCn1ncnc1CC(O)c1ccc2cc(Br)ccc2c1. The summed E-state index contributed by atoms with van der Waals surface area (Å²) >= 11 is 3.47. The maximum atomic E-state index is 10.4. The minimum Gasteiger partial charge on any atom is -0.388 e. The predicted octanol–water partition coefficient (Wildman–Crippen LogP) is 3.49. The molecule has 1 unspecified atom stereocenters. The van der Waals surface area contributed by atoms with Crippen molar-refractivity contribution in [1.29, 1.82) is 0 Å². The van der Waals surface area contributed by atoms with Crippen LogP contribution in [0.4, 0.5) is 0 Å². The molecule has 0 radical (unpaired) electrons. The highest BCUT2D eigenvalue weighted by atomic mass is 79.9. The highest BCUT2D eigenvalue weighted by molar-refractivity contribution is 9.10. The minimum atomic E-state index is -0.576. The Balaban J connectivity index is 1.87. The molecule has 0 bridgehead atoms. The molecule has 0 aliphatic heterocycles. The van der Waals surface area contributed by atoms with E-state index >= 15 is 0 Å². The number of rotatable bonds is 4. The highest BCUT2D eigenvalue weighted by Crippen LogP contribution is 2.25. The first-order valence-corrected chi connectivity index (χ1v) is 7.70. The van der Waals surface area contributed by atoms with Gasteiger partial charge in [-0.25, -0.2) is 4.98 Å².